The molecule has 1 fully saturated rings. The maximum Gasteiger partial charge on any atom is 0.341 e. The summed E-state index contributed by atoms with van der Waals surface area (Å²) in [6, 6.07) is 0. The van der Waals surface area contributed by atoms with Gasteiger partial charge in [-0.2, -0.15) is 0 Å². The van der Waals surface area contributed by atoms with E-state index in [-0.39, 0.29) is 35.0 Å². The van der Waals surface area contributed by atoms with Crippen LogP contribution in [0.2, 0.25) is 0 Å². The molecular formula is C18H28N3O5S+. The van der Waals surface area contributed by atoms with Gasteiger partial charge in [0.2, 0.25) is 0 Å². The number of anilines is 1. The van der Waals surface area contributed by atoms with Crippen molar-refractivity contribution in [3.63, 3.8) is 0 Å². The van der Waals surface area contributed by atoms with Gasteiger partial charge in [-0.1, -0.05) is 0 Å². The van der Waals surface area contributed by atoms with Crippen LogP contribution in [0.15, 0.2) is 0 Å². The Labute approximate surface area is 163 Å². The van der Waals surface area contributed by atoms with Gasteiger partial charge in [0.05, 0.1) is 26.3 Å². The number of carbonyl (C=O) groups excluding carboxylic acids is 3. The van der Waals surface area contributed by atoms with Crippen molar-refractivity contribution in [2.24, 2.45) is 5.92 Å². The molecule has 0 saturated carbocycles. The van der Waals surface area contributed by atoms with Crippen molar-refractivity contribution >= 4 is 34.2 Å². The van der Waals surface area contributed by atoms with Crippen LogP contribution in [0.3, 0.4) is 0 Å². The van der Waals surface area contributed by atoms with Crippen LogP contribution in [-0.4, -0.2) is 51.2 Å². The molecule has 1 aliphatic rings. The molecule has 2 atom stereocenters. The number of esters is 2. The number of hydrogen-bond acceptors (Lipinski definition) is 7. The lowest BCUT2D eigenvalue weighted by Gasteiger charge is -2.29. The number of nitrogens with one attached hydrogen (secondary N) is 2. The highest BCUT2D eigenvalue weighted by Crippen LogP contribution is 2.31. The maximum atomic E-state index is 12.4. The third-order valence-corrected chi connectivity index (χ3v) is 5.67. The van der Waals surface area contributed by atoms with E-state index in [4.69, 9.17) is 15.2 Å². The minimum atomic E-state index is -0.519. The molecule has 0 aliphatic carbocycles. The Morgan fingerprint density at radius 1 is 1.26 bits per heavy atom. The zero-order valence-electron chi connectivity index (χ0n) is 16.1. The average Bonchev–Trinajstić information content (AvgIpc) is 2.97. The summed E-state index contributed by atoms with van der Waals surface area (Å²) in [4.78, 5) is 38.3. The number of nitrogens with two attached hydrogens (primary N) is 1. The van der Waals surface area contributed by atoms with Crippen LogP contribution in [-0.2, 0) is 20.8 Å². The van der Waals surface area contributed by atoms with E-state index in [1.54, 1.807) is 13.8 Å². The van der Waals surface area contributed by atoms with E-state index in [0.717, 1.165) is 35.6 Å². The summed E-state index contributed by atoms with van der Waals surface area (Å²) in [5, 5.41) is 2.87. The van der Waals surface area contributed by atoms with E-state index in [9.17, 15) is 14.4 Å². The van der Waals surface area contributed by atoms with Crippen LogP contribution in [0.4, 0.5) is 5.00 Å². The van der Waals surface area contributed by atoms with E-state index in [1.165, 1.54) is 7.05 Å². The molecule has 150 valence electrons. The molecule has 4 N–H and O–H groups in total. The van der Waals surface area contributed by atoms with Crippen LogP contribution in [0.5, 0.6) is 0 Å². The van der Waals surface area contributed by atoms with Crippen molar-refractivity contribution < 1.29 is 28.8 Å². The molecule has 8 nitrogen and oxygen atoms in total. The molecule has 0 radical (unpaired) electrons. The Balaban J connectivity index is 2.28. The Morgan fingerprint density at radius 3 is 2.59 bits per heavy atom. The van der Waals surface area contributed by atoms with E-state index in [1.807, 2.05) is 0 Å². The SMILES string of the molecule is CCOC(=O)c1c(N)sc(C(=O)NC)c1C[NH+]1CCC[C@@H](C(=O)OCC)C1. The second-order valence-corrected chi connectivity index (χ2v) is 7.47. The van der Waals surface area contributed by atoms with Gasteiger partial charge in [0, 0.05) is 12.6 Å². The maximum absolute atomic E-state index is 12.4. The normalized spacial score (nSPS) is 19.4. The highest BCUT2D eigenvalue weighted by molar-refractivity contribution is 7.18. The Kier molecular flexibility index (Phi) is 7.61. The van der Waals surface area contributed by atoms with Gasteiger partial charge in [0.1, 0.15) is 27.9 Å². The number of carbonyl (C=O) groups is 3. The van der Waals surface area contributed by atoms with Gasteiger partial charge in [-0.3, -0.25) is 9.59 Å². The predicted octanol–water partition coefficient (Wildman–Crippen LogP) is 0.225. The van der Waals surface area contributed by atoms with Gasteiger partial charge < -0.3 is 25.4 Å². The Bertz CT molecular complexity index is 703. The summed E-state index contributed by atoms with van der Waals surface area (Å²) in [7, 11) is 1.54. The van der Waals surface area contributed by atoms with Crippen LogP contribution in [0, 0.1) is 5.92 Å². The topological polar surface area (TPSA) is 112 Å². The minimum Gasteiger partial charge on any atom is -0.466 e. The number of thiophene rings is 1. The zero-order valence-corrected chi connectivity index (χ0v) is 16.9. The average molecular weight is 399 g/mol. The van der Waals surface area contributed by atoms with E-state index in [0.29, 0.717) is 30.1 Å². The van der Waals surface area contributed by atoms with Gasteiger partial charge in [0.25, 0.3) is 5.91 Å². The summed E-state index contributed by atoms with van der Waals surface area (Å²) >= 11 is 1.09. The van der Waals surface area contributed by atoms with Crippen molar-refractivity contribution in [3.05, 3.63) is 16.0 Å². The molecule has 1 saturated heterocycles. The first-order valence-electron chi connectivity index (χ1n) is 9.23. The first-order chi connectivity index (χ1) is 12.9. The molecule has 9 heteroatoms. The lowest BCUT2D eigenvalue weighted by atomic mass is 9.97. The predicted molar refractivity (Wildman–Crippen MR) is 102 cm³/mol. The summed E-state index contributed by atoms with van der Waals surface area (Å²) < 4.78 is 10.3. The number of likely N-dealkylation sites (tertiary alicyclic amines) is 1. The summed E-state index contributed by atoms with van der Waals surface area (Å²) in [6.07, 6.45) is 1.67. The molecule has 1 aromatic heterocycles. The number of ether oxygens (including phenoxy) is 2. The lowest BCUT2D eigenvalue weighted by molar-refractivity contribution is -0.921. The van der Waals surface area contributed by atoms with E-state index in [2.05, 4.69) is 5.32 Å². The molecule has 1 aliphatic heterocycles. The molecule has 1 unspecified atom stereocenters. The second-order valence-electron chi connectivity index (χ2n) is 6.42. The minimum absolute atomic E-state index is 0.167. The van der Waals surface area contributed by atoms with Gasteiger partial charge in [-0.15, -0.1) is 11.3 Å². The summed E-state index contributed by atoms with van der Waals surface area (Å²) in [5.41, 5.74) is 6.90. The van der Waals surface area contributed by atoms with Gasteiger partial charge in [0.15, 0.2) is 0 Å². The Hall–Kier alpha value is -2.13. The first-order valence-corrected chi connectivity index (χ1v) is 10.0. The molecule has 1 amide bonds. The highest BCUT2D eigenvalue weighted by Gasteiger charge is 2.33. The second kappa shape index (κ2) is 9.70. The number of nitrogen functional groups attached to an aromatic ring is 1. The fourth-order valence-electron chi connectivity index (χ4n) is 3.40. The van der Waals surface area contributed by atoms with Crippen LogP contribution >= 0.6 is 11.3 Å². The quantitative estimate of drug-likeness (QED) is 0.567. The number of amides is 1. The van der Waals surface area contributed by atoms with Gasteiger partial charge in [-0.25, -0.2) is 4.79 Å². The van der Waals surface area contributed by atoms with E-state index >= 15 is 0 Å². The van der Waals surface area contributed by atoms with Crippen molar-refractivity contribution in [1.29, 1.82) is 0 Å². The van der Waals surface area contributed by atoms with Gasteiger partial charge in [-0.05, 0) is 26.7 Å². The van der Waals surface area contributed by atoms with Crippen molar-refractivity contribution in [3.8, 4) is 0 Å². The van der Waals surface area contributed by atoms with Crippen LogP contribution < -0.4 is 16.0 Å². The smallest absolute Gasteiger partial charge is 0.341 e. The van der Waals surface area contributed by atoms with E-state index < -0.39 is 5.97 Å². The Morgan fingerprint density at radius 2 is 1.96 bits per heavy atom. The van der Waals surface area contributed by atoms with Crippen molar-refractivity contribution in [2.75, 3.05) is 39.1 Å². The van der Waals surface area contributed by atoms with Crippen molar-refractivity contribution in [1.82, 2.24) is 5.32 Å². The van der Waals surface area contributed by atoms with Crippen molar-refractivity contribution in [2.45, 2.75) is 33.2 Å². The zero-order chi connectivity index (χ0) is 20.0. The van der Waals surface area contributed by atoms with Crippen LogP contribution in [0.1, 0.15) is 52.3 Å². The number of piperidine rings is 1. The third kappa shape index (κ3) is 4.98. The standard InChI is InChI=1S/C18H27N3O5S/c1-4-25-17(23)11-7-6-8-21(9-11)10-12-13(18(24)26-5-2)15(19)27-14(12)16(22)20-3/h11H,4-10,19H2,1-3H3,(H,20,22)/p+1/t11-/m1/s1. The molecule has 27 heavy (non-hydrogen) atoms. The molecule has 1 aromatic rings. The molecular weight excluding hydrogens is 370 g/mol. The highest BCUT2D eigenvalue weighted by atomic mass is 32.1. The fourth-order valence-corrected chi connectivity index (χ4v) is 4.42. The summed E-state index contributed by atoms with van der Waals surface area (Å²) in [5.74, 6) is -1.15. The lowest BCUT2D eigenvalue weighted by Crippen LogP contribution is -3.12. The largest absolute Gasteiger partial charge is 0.466 e. The third-order valence-electron chi connectivity index (χ3n) is 4.61. The molecule has 2 rings (SSSR count). The number of rotatable bonds is 7. The monoisotopic (exact) mass is 398 g/mol. The number of quaternary nitrogens is 1. The van der Waals surface area contributed by atoms with Crippen LogP contribution in [0.25, 0.3) is 0 Å². The first kappa shape index (κ1) is 21.2. The molecule has 2 heterocycles. The van der Waals surface area contributed by atoms with Gasteiger partial charge >= 0.3 is 11.9 Å². The fraction of sp³-hybridized carbons (Fsp3) is 0.611. The molecule has 0 aromatic carbocycles. The number of hydrogen-bond donors (Lipinski definition) is 3. The summed E-state index contributed by atoms with van der Waals surface area (Å²) in [6.45, 7) is 5.98. The molecule has 0 bridgehead atoms. The molecule has 0 spiro atoms.